The van der Waals surface area contributed by atoms with Crippen LogP contribution in [0.4, 0.5) is 10.5 Å². The number of rotatable bonds is 4. The predicted molar refractivity (Wildman–Crippen MR) is 81.6 cm³/mol. The Morgan fingerprint density at radius 3 is 2.86 bits per heavy atom. The molecule has 2 rings (SSSR count). The fourth-order valence-corrected chi connectivity index (χ4v) is 2.63. The van der Waals surface area contributed by atoms with Crippen LogP contribution in [0.3, 0.4) is 0 Å². The second-order valence-corrected chi connectivity index (χ2v) is 5.81. The number of nitrogens with one attached hydrogen (secondary N) is 2. The first-order valence-corrected chi connectivity index (χ1v) is 7.46. The highest BCUT2D eigenvalue weighted by Gasteiger charge is 2.24. The van der Waals surface area contributed by atoms with Crippen LogP contribution in [0.5, 0.6) is 0 Å². The zero-order valence-electron chi connectivity index (χ0n) is 11.6. The number of aromatic carboxylic acids is 1. The minimum atomic E-state index is -1.05. The van der Waals surface area contributed by atoms with E-state index in [4.69, 9.17) is 9.84 Å². The van der Waals surface area contributed by atoms with Crippen LogP contribution >= 0.6 is 15.9 Å². The molecule has 0 saturated carbocycles. The van der Waals surface area contributed by atoms with Crippen LogP contribution < -0.4 is 10.6 Å². The van der Waals surface area contributed by atoms with Gasteiger partial charge in [0.2, 0.25) is 0 Å². The van der Waals surface area contributed by atoms with Crippen molar-refractivity contribution < 1.29 is 19.4 Å². The third kappa shape index (κ3) is 4.18. The molecule has 0 spiro atoms. The lowest BCUT2D eigenvalue weighted by Gasteiger charge is -2.15. The van der Waals surface area contributed by atoms with E-state index in [2.05, 4.69) is 26.6 Å². The average Bonchev–Trinajstić information content (AvgIpc) is 2.84. The molecule has 0 radical (unpaired) electrons. The van der Waals surface area contributed by atoms with Crippen molar-refractivity contribution in [1.29, 1.82) is 0 Å². The normalized spacial score (nSPS) is 21.0. The maximum atomic E-state index is 11.8. The number of carboxylic acid groups (broad SMARTS) is 1. The second-order valence-electron chi connectivity index (χ2n) is 4.96. The van der Waals surface area contributed by atoms with Crippen molar-refractivity contribution in [3.63, 3.8) is 0 Å². The molecule has 2 atom stereocenters. The van der Waals surface area contributed by atoms with Gasteiger partial charge in [0.05, 0.1) is 11.7 Å². The van der Waals surface area contributed by atoms with Crippen LogP contribution in [0.1, 0.15) is 23.7 Å². The van der Waals surface area contributed by atoms with Crippen molar-refractivity contribution in [1.82, 2.24) is 5.32 Å². The lowest BCUT2D eigenvalue weighted by atomic mass is 10.0. The van der Waals surface area contributed by atoms with Gasteiger partial charge >= 0.3 is 12.0 Å². The monoisotopic (exact) mass is 356 g/mol. The Kier molecular flexibility index (Phi) is 5.19. The first-order valence-electron chi connectivity index (χ1n) is 6.66. The third-order valence-corrected chi connectivity index (χ3v) is 4.20. The number of halogens is 1. The van der Waals surface area contributed by atoms with Crippen molar-refractivity contribution in [2.75, 3.05) is 18.5 Å². The summed E-state index contributed by atoms with van der Waals surface area (Å²) < 4.78 is 5.90. The molecule has 2 amide bonds. The molecule has 0 bridgehead atoms. The number of carboxylic acids is 1. The fraction of sp³-hybridized carbons (Fsp3) is 0.429. The number of hydrogen-bond acceptors (Lipinski definition) is 3. The number of ether oxygens (including phenoxy) is 1. The smallest absolute Gasteiger partial charge is 0.336 e. The number of hydrogen-bond donors (Lipinski definition) is 3. The van der Waals surface area contributed by atoms with Gasteiger partial charge in [0.25, 0.3) is 0 Å². The Hall–Kier alpha value is -1.60. The zero-order chi connectivity index (χ0) is 15.4. The molecule has 1 heterocycles. The highest BCUT2D eigenvalue weighted by Crippen LogP contribution is 2.21. The van der Waals surface area contributed by atoms with E-state index in [0.717, 1.165) is 13.0 Å². The lowest BCUT2D eigenvalue weighted by Crippen LogP contribution is -2.35. The van der Waals surface area contributed by atoms with Crippen LogP contribution in [0.2, 0.25) is 0 Å². The Bertz CT molecular complexity index is 550. The molecule has 3 N–H and O–H groups in total. The van der Waals surface area contributed by atoms with E-state index < -0.39 is 5.97 Å². The van der Waals surface area contributed by atoms with Crippen LogP contribution in [0.15, 0.2) is 22.7 Å². The van der Waals surface area contributed by atoms with Crippen LogP contribution in [-0.2, 0) is 4.74 Å². The van der Waals surface area contributed by atoms with Crippen molar-refractivity contribution >= 4 is 33.6 Å². The van der Waals surface area contributed by atoms with E-state index in [9.17, 15) is 9.59 Å². The number of anilines is 1. The molecule has 1 saturated heterocycles. The molecule has 1 fully saturated rings. The SMILES string of the molecule is CC1OCCC1CNC(=O)Nc1ccc(Br)c(C(=O)O)c1. The highest BCUT2D eigenvalue weighted by atomic mass is 79.9. The van der Waals surface area contributed by atoms with Gasteiger partial charge in [-0.3, -0.25) is 0 Å². The number of urea groups is 1. The Morgan fingerprint density at radius 2 is 2.24 bits per heavy atom. The van der Waals surface area contributed by atoms with Crippen LogP contribution in [0, 0.1) is 5.92 Å². The van der Waals surface area contributed by atoms with E-state index in [-0.39, 0.29) is 17.7 Å². The van der Waals surface area contributed by atoms with Gasteiger partial charge in [-0.25, -0.2) is 9.59 Å². The van der Waals surface area contributed by atoms with Crippen molar-refractivity contribution in [3.8, 4) is 0 Å². The summed E-state index contributed by atoms with van der Waals surface area (Å²) in [4.78, 5) is 22.8. The summed E-state index contributed by atoms with van der Waals surface area (Å²) in [6, 6.07) is 4.28. The summed E-state index contributed by atoms with van der Waals surface area (Å²) in [5, 5.41) is 14.4. The van der Waals surface area contributed by atoms with E-state index in [1.807, 2.05) is 6.92 Å². The largest absolute Gasteiger partial charge is 0.478 e. The number of benzene rings is 1. The fourth-order valence-electron chi connectivity index (χ4n) is 2.21. The van der Waals surface area contributed by atoms with Gasteiger partial charge in [0.15, 0.2) is 0 Å². The van der Waals surface area contributed by atoms with Crippen molar-refractivity contribution in [2.45, 2.75) is 19.4 Å². The van der Waals surface area contributed by atoms with Crippen molar-refractivity contribution in [3.05, 3.63) is 28.2 Å². The molecule has 0 aromatic heterocycles. The number of carbonyl (C=O) groups excluding carboxylic acids is 1. The van der Waals surface area contributed by atoms with Gasteiger partial charge < -0.3 is 20.5 Å². The Labute approximate surface area is 131 Å². The molecular formula is C14H17BrN2O4. The Morgan fingerprint density at radius 1 is 1.48 bits per heavy atom. The zero-order valence-corrected chi connectivity index (χ0v) is 13.1. The maximum Gasteiger partial charge on any atom is 0.336 e. The van der Waals surface area contributed by atoms with Gasteiger partial charge in [-0.05, 0) is 47.5 Å². The molecular weight excluding hydrogens is 340 g/mol. The van der Waals surface area contributed by atoms with Gasteiger partial charge in [-0.2, -0.15) is 0 Å². The summed E-state index contributed by atoms with van der Waals surface area (Å²) in [5.41, 5.74) is 0.537. The molecule has 7 heteroatoms. The average molecular weight is 357 g/mol. The van der Waals surface area contributed by atoms with Crippen LogP contribution in [0.25, 0.3) is 0 Å². The minimum absolute atomic E-state index is 0.102. The molecule has 0 aliphatic carbocycles. The standard InChI is InChI=1S/C14H17BrN2O4/c1-8-9(4-5-21-8)7-16-14(20)17-10-2-3-12(15)11(6-10)13(18)19/h2-3,6,8-9H,4-5,7H2,1H3,(H,18,19)(H2,16,17,20). The minimum Gasteiger partial charge on any atom is -0.478 e. The second kappa shape index (κ2) is 6.91. The summed E-state index contributed by atoms with van der Waals surface area (Å²) in [6.45, 7) is 3.25. The first-order chi connectivity index (χ1) is 9.97. The third-order valence-electron chi connectivity index (χ3n) is 3.51. The number of carbonyl (C=O) groups is 2. The van der Waals surface area contributed by atoms with Gasteiger partial charge in [0.1, 0.15) is 0 Å². The van der Waals surface area contributed by atoms with Gasteiger partial charge in [-0.15, -0.1) is 0 Å². The van der Waals surface area contributed by atoms with Gasteiger partial charge in [-0.1, -0.05) is 0 Å². The molecule has 1 aromatic rings. The van der Waals surface area contributed by atoms with Crippen molar-refractivity contribution in [2.24, 2.45) is 5.92 Å². The lowest BCUT2D eigenvalue weighted by molar-refractivity contribution is 0.0696. The summed E-state index contributed by atoms with van der Waals surface area (Å²) in [5.74, 6) is -0.738. The molecule has 1 aliphatic heterocycles. The topological polar surface area (TPSA) is 87.7 Å². The molecule has 1 aromatic carbocycles. The highest BCUT2D eigenvalue weighted by molar-refractivity contribution is 9.10. The molecule has 21 heavy (non-hydrogen) atoms. The summed E-state index contributed by atoms with van der Waals surface area (Å²) >= 11 is 3.16. The van der Waals surface area contributed by atoms with E-state index in [0.29, 0.717) is 22.6 Å². The van der Waals surface area contributed by atoms with E-state index in [1.165, 1.54) is 6.07 Å². The maximum absolute atomic E-state index is 11.8. The summed E-state index contributed by atoms with van der Waals surface area (Å²) in [6.07, 6.45) is 1.08. The van der Waals surface area contributed by atoms with E-state index >= 15 is 0 Å². The molecule has 2 unspecified atom stereocenters. The summed E-state index contributed by atoms with van der Waals surface area (Å²) in [7, 11) is 0. The predicted octanol–water partition coefficient (Wildman–Crippen LogP) is 2.69. The Balaban J connectivity index is 1.90. The van der Waals surface area contributed by atoms with E-state index in [1.54, 1.807) is 12.1 Å². The quantitative estimate of drug-likeness (QED) is 0.773. The van der Waals surface area contributed by atoms with Gasteiger partial charge in [0, 0.05) is 29.2 Å². The molecule has 6 nitrogen and oxygen atoms in total. The first kappa shape index (κ1) is 15.8. The molecule has 1 aliphatic rings. The number of amides is 2. The van der Waals surface area contributed by atoms with Crippen LogP contribution in [-0.4, -0.2) is 36.4 Å². The molecule has 114 valence electrons.